The number of carbonyl (C=O) groups is 2. The number of nitrogens with one attached hydrogen (secondary N) is 1. The highest BCUT2D eigenvalue weighted by Crippen LogP contribution is 2.11. The second-order valence-corrected chi connectivity index (χ2v) is 3.47. The molecule has 0 unspecified atom stereocenters. The first-order valence-electron chi connectivity index (χ1n) is 4.87. The van der Waals surface area contributed by atoms with Gasteiger partial charge in [-0.25, -0.2) is 4.79 Å². The Morgan fingerprint density at radius 1 is 1.43 bits per heavy atom. The van der Waals surface area contributed by atoms with E-state index in [9.17, 15) is 9.59 Å². The minimum absolute atomic E-state index is 0.108. The molecule has 0 saturated heterocycles. The van der Waals surface area contributed by atoms with Crippen LogP contribution in [0.15, 0.2) is 0 Å². The topological polar surface area (TPSA) is 55.4 Å². The minimum Gasteiger partial charge on any atom is -0.467 e. The molecule has 4 heteroatoms. The van der Waals surface area contributed by atoms with Gasteiger partial charge in [0.1, 0.15) is 6.04 Å². The molecule has 1 N–H and O–H groups in total. The minimum atomic E-state index is -0.516. The van der Waals surface area contributed by atoms with Crippen molar-refractivity contribution in [2.24, 2.45) is 5.92 Å². The summed E-state index contributed by atoms with van der Waals surface area (Å²) in [6.45, 7) is 5.37. The summed E-state index contributed by atoms with van der Waals surface area (Å²) in [5.74, 6) is -0.471. The summed E-state index contributed by atoms with van der Waals surface area (Å²) in [5.41, 5.74) is 0. The number of amides is 1. The van der Waals surface area contributed by atoms with Gasteiger partial charge in [0.2, 0.25) is 5.91 Å². The molecule has 0 heterocycles. The van der Waals surface area contributed by atoms with Crippen molar-refractivity contribution in [1.82, 2.24) is 5.32 Å². The number of carbonyl (C=O) groups excluding carboxylic acids is 2. The molecule has 2 atom stereocenters. The zero-order valence-corrected chi connectivity index (χ0v) is 9.29. The van der Waals surface area contributed by atoms with Crippen LogP contribution in [0.25, 0.3) is 0 Å². The molecular weight excluding hydrogens is 182 g/mol. The van der Waals surface area contributed by atoms with Crippen LogP contribution >= 0.6 is 0 Å². The Hall–Kier alpha value is -1.06. The van der Waals surface area contributed by atoms with Crippen molar-refractivity contribution >= 4 is 11.9 Å². The van der Waals surface area contributed by atoms with Crippen LogP contribution in [0.2, 0.25) is 0 Å². The molecule has 0 rings (SSSR count). The van der Waals surface area contributed by atoms with Crippen molar-refractivity contribution in [2.45, 2.75) is 39.7 Å². The average Bonchev–Trinajstić information content (AvgIpc) is 2.13. The van der Waals surface area contributed by atoms with E-state index in [1.807, 2.05) is 13.8 Å². The van der Waals surface area contributed by atoms with Crippen LogP contribution in [-0.4, -0.2) is 25.0 Å². The smallest absolute Gasteiger partial charge is 0.328 e. The molecule has 0 aromatic carbocycles. The maximum atomic E-state index is 11.3. The summed E-state index contributed by atoms with van der Waals surface area (Å²) in [5, 5.41) is 2.60. The van der Waals surface area contributed by atoms with Crippen molar-refractivity contribution in [3.63, 3.8) is 0 Å². The zero-order valence-electron chi connectivity index (χ0n) is 9.29. The molecule has 4 nitrogen and oxygen atoms in total. The van der Waals surface area contributed by atoms with E-state index in [-0.39, 0.29) is 17.8 Å². The van der Waals surface area contributed by atoms with Gasteiger partial charge in [0.25, 0.3) is 0 Å². The number of esters is 1. The molecule has 0 bridgehead atoms. The Labute approximate surface area is 85.0 Å². The van der Waals surface area contributed by atoms with Gasteiger partial charge in [0.05, 0.1) is 7.11 Å². The Morgan fingerprint density at radius 2 is 2.00 bits per heavy atom. The van der Waals surface area contributed by atoms with Gasteiger partial charge in [-0.1, -0.05) is 20.3 Å². The molecule has 0 saturated carbocycles. The van der Waals surface area contributed by atoms with Crippen molar-refractivity contribution in [1.29, 1.82) is 0 Å². The lowest BCUT2D eigenvalue weighted by Crippen LogP contribution is -2.44. The van der Waals surface area contributed by atoms with E-state index < -0.39 is 6.04 Å². The Balaban J connectivity index is 4.37. The fraction of sp³-hybridized carbons (Fsp3) is 0.800. The van der Waals surface area contributed by atoms with Crippen LogP contribution in [-0.2, 0) is 14.3 Å². The number of rotatable bonds is 5. The van der Waals surface area contributed by atoms with Crippen LogP contribution in [0.4, 0.5) is 0 Å². The van der Waals surface area contributed by atoms with Crippen molar-refractivity contribution < 1.29 is 14.3 Å². The van der Waals surface area contributed by atoms with E-state index in [2.05, 4.69) is 10.1 Å². The highest BCUT2D eigenvalue weighted by atomic mass is 16.5. The molecule has 0 aliphatic heterocycles. The summed E-state index contributed by atoms with van der Waals surface area (Å²) in [6.07, 6.45) is 1.87. The molecule has 0 aromatic rings. The second-order valence-electron chi connectivity index (χ2n) is 3.47. The Kier molecular flexibility index (Phi) is 5.92. The van der Waals surface area contributed by atoms with Gasteiger partial charge in [-0.2, -0.15) is 0 Å². The van der Waals surface area contributed by atoms with Gasteiger partial charge in [0.15, 0.2) is 0 Å². The summed E-state index contributed by atoms with van der Waals surface area (Å²) in [7, 11) is 1.33. The van der Waals surface area contributed by atoms with Crippen LogP contribution in [0, 0.1) is 5.92 Å². The third kappa shape index (κ3) is 4.25. The van der Waals surface area contributed by atoms with Crippen LogP contribution < -0.4 is 5.32 Å². The predicted octanol–water partition coefficient (Wildman–Crippen LogP) is 1.10. The monoisotopic (exact) mass is 201 g/mol. The van der Waals surface area contributed by atoms with Crippen molar-refractivity contribution in [2.75, 3.05) is 7.11 Å². The third-order valence-corrected chi connectivity index (χ3v) is 2.13. The van der Waals surface area contributed by atoms with Crippen molar-refractivity contribution in [3.8, 4) is 0 Å². The van der Waals surface area contributed by atoms with Crippen LogP contribution in [0.1, 0.15) is 33.6 Å². The predicted molar refractivity (Wildman–Crippen MR) is 53.7 cm³/mol. The van der Waals surface area contributed by atoms with E-state index in [1.54, 1.807) is 0 Å². The first kappa shape index (κ1) is 12.9. The van der Waals surface area contributed by atoms with Gasteiger partial charge in [-0.05, 0) is 12.3 Å². The Morgan fingerprint density at radius 3 is 2.36 bits per heavy atom. The Bertz CT molecular complexity index is 204. The lowest BCUT2D eigenvalue weighted by molar-refractivity contribution is -0.146. The first-order chi connectivity index (χ1) is 6.52. The molecule has 0 aromatic heterocycles. The van der Waals surface area contributed by atoms with Crippen LogP contribution in [0.3, 0.4) is 0 Å². The fourth-order valence-corrected chi connectivity index (χ4v) is 1.40. The summed E-state index contributed by atoms with van der Waals surface area (Å²) >= 11 is 0. The molecule has 0 aliphatic rings. The molecular formula is C10H19NO3. The maximum Gasteiger partial charge on any atom is 0.328 e. The second kappa shape index (κ2) is 6.40. The maximum absolute atomic E-state index is 11.3. The lowest BCUT2D eigenvalue weighted by atomic mass is 9.97. The largest absolute Gasteiger partial charge is 0.467 e. The zero-order chi connectivity index (χ0) is 11.1. The van der Waals surface area contributed by atoms with E-state index in [1.165, 1.54) is 14.0 Å². The summed E-state index contributed by atoms with van der Waals surface area (Å²) < 4.78 is 4.63. The molecule has 0 fully saturated rings. The van der Waals surface area contributed by atoms with E-state index in [4.69, 9.17) is 0 Å². The number of methoxy groups -OCH3 is 1. The number of hydrogen-bond acceptors (Lipinski definition) is 3. The molecule has 1 amide bonds. The molecule has 0 aliphatic carbocycles. The van der Waals surface area contributed by atoms with Crippen molar-refractivity contribution in [3.05, 3.63) is 0 Å². The quantitative estimate of drug-likeness (QED) is 0.678. The molecule has 82 valence electrons. The van der Waals surface area contributed by atoms with Gasteiger partial charge in [-0.3, -0.25) is 4.79 Å². The van der Waals surface area contributed by atoms with Gasteiger partial charge < -0.3 is 10.1 Å². The van der Waals surface area contributed by atoms with E-state index in [0.717, 1.165) is 12.8 Å². The standard InChI is InChI=1S/C10H19NO3/c1-5-6-7(2)9(10(13)14-4)11-8(3)12/h7,9H,5-6H2,1-4H3,(H,11,12)/t7-,9+/m0/s1. The fourth-order valence-electron chi connectivity index (χ4n) is 1.40. The molecule has 0 radical (unpaired) electrons. The van der Waals surface area contributed by atoms with Crippen LogP contribution in [0.5, 0.6) is 0 Å². The van der Waals surface area contributed by atoms with E-state index >= 15 is 0 Å². The SMILES string of the molecule is CCC[C@H](C)[C@@H](NC(C)=O)C(=O)OC. The third-order valence-electron chi connectivity index (χ3n) is 2.13. The normalized spacial score (nSPS) is 14.3. The summed E-state index contributed by atoms with van der Waals surface area (Å²) in [6, 6.07) is -0.516. The summed E-state index contributed by atoms with van der Waals surface area (Å²) in [4.78, 5) is 22.2. The highest BCUT2D eigenvalue weighted by molar-refractivity contribution is 5.83. The highest BCUT2D eigenvalue weighted by Gasteiger charge is 2.25. The van der Waals surface area contributed by atoms with Gasteiger partial charge in [-0.15, -0.1) is 0 Å². The number of hydrogen-bond donors (Lipinski definition) is 1. The van der Waals surface area contributed by atoms with E-state index in [0.29, 0.717) is 0 Å². The first-order valence-corrected chi connectivity index (χ1v) is 4.87. The van der Waals surface area contributed by atoms with Gasteiger partial charge >= 0.3 is 5.97 Å². The average molecular weight is 201 g/mol. The molecule has 0 spiro atoms. The van der Waals surface area contributed by atoms with Gasteiger partial charge in [0, 0.05) is 6.92 Å². The lowest BCUT2D eigenvalue weighted by Gasteiger charge is -2.21. The number of ether oxygens (including phenoxy) is 1. The molecule has 14 heavy (non-hydrogen) atoms.